The summed E-state index contributed by atoms with van der Waals surface area (Å²) in [6, 6.07) is 2.62. The standard InChI is InChI=1S/C19H24N6O3/c26-17-2-1-15(18(27)23-17)25-8-11-5-16(21-7-14(11)19(25)28)20-3-4-24-9-12-6-13(10-24)22-12/h5,7,12-13,15,22H,1-4,6,8-10H2,(H,20,21)(H,23,26,27). The second-order valence-electron chi connectivity index (χ2n) is 8.11. The maximum absolute atomic E-state index is 12.7. The molecule has 0 aromatic carbocycles. The van der Waals surface area contributed by atoms with E-state index in [0.29, 0.717) is 30.6 Å². The molecule has 3 atom stereocenters. The van der Waals surface area contributed by atoms with Gasteiger partial charge in [0.1, 0.15) is 11.9 Å². The third kappa shape index (κ3) is 3.14. The van der Waals surface area contributed by atoms with Gasteiger partial charge in [0.15, 0.2) is 0 Å². The predicted molar refractivity (Wildman–Crippen MR) is 101 cm³/mol. The molecule has 9 nitrogen and oxygen atoms in total. The minimum absolute atomic E-state index is 0.191. The summed E-state index contributed by atoms with van der Waals surface area (Å²) in [5, 5.41) is 9.20. The second-order valence-corrected chi connectivity index (χ2v) is 8.11. The molecule has 4 saturated heterocycles. The first-order chi connectivity index (χ1) is 13.6. The van der Waals surface area contributed by atoms with Crippen molar-refractivity contribution in [3.8, 4) is 0 Å². The van der Waals surface area contributed by atoms with Crippen molar-refractivity contribution in [2.75, 3.05) is 31.5 Å². The number of hydrogen-bond donors (Lipinski definition) is 3. The number of anilines is 1. The molecular formula is C19H24N6O3. The van der Waals surface area contributed by atoms with E-state index in [9.17, 15) is 14.4 Å². The Kier molecular flexibility index (Phi) is 4.28. The van der Waals surface area contributed by atoms with Gasteiger partial charge in [-0.05, 0) is 24.5 Å². The Hall–Kier alpha value is -2.52. The van der Waals surface area contributed by atoms with Crippen molar-refractivity contribution in [2.45, 2.75) is 43.9 Å². The van der Waals surface area contributed by atoms with E-state index < -0.39 is 11.9 Å². The first-order valence-corrected chi connectivity index (χ1v) is 9.92. The number of nitrogens with one attached hydrogen (secondary N) is 3. The molecule has 1 aromatic heterocycles. The van der Waals surface area contributed by atoms with Crippen LogP contribution in [0, 0.1) is 0 Å². The molecule has 5 aliphatic heterocycles. The highest BCUT2D eigenvalue weighted by Crippen LogP contribution is 2.28. The lowest BCUT2D eigenvalue weighted by molar-refractivity contribution is -0.136. The number of nitrogens with zero attached hydrogens (tertiary/aromatic N) is 3. The summed E-state index contributed by atoms with van der Waals surface area (Å²) in [6.07, 6.45) is 3.52. The Labute approximate surface area is 162 Å². The van der Waals surface area contributed by atoms with Crippen LogP contribution >= 0.6 is 0 Å². The molecule has 0 aliphatic carbocycles. The Balaban J connectivity index is 1.19. The molecule has 148 valence electrons. The fourth-order valence-corrected chi connectivity index (χ4v) is 4.69. The van der Waals surface area contributed by atoms with Crippen molar-refractivity contribution in [3.63, 3.8) is 0 Å². The number of pyridine rings is 1. The number of carbonyl (C=O) groups is 3. The van der Waals surface area contributed by atoms with Gasteiger partial charge in [-0.2, -0.15) is 0 Å². The Morgan fingerprint density at radius 2 is 2.00 bits per heavy atom. The minimum Gasteiger partial charge on any atom is -0.369 e. The molecule has 5 aliphatic rings. The molecule has 28 heavy (non-hydrogen) atoms. The maximum atomic E-state index is 12.7. The maximum Gasteiger partial charge on any atom is 0.256 e. The Bertz CT molecular complexity index is 827. The normalized spacial score (nSPS) is 29.4. The number of carbonyl (C=O) groups excluding carboxylic acids is 3. The number of aromatic nitrogens is 1. The minimum atomic E-state index is -0.590. The van der Waals surface area contributed by atoms with Gasteiger partial charge in [-0.1, -0.05) is 0 Å². The highest BCUT2D eigenvalue weighted by Gasteiger charge is 2.39. The van der Waals surface area contributed by atoms with E-state index in [1.54, 1.807) is 11.1 Å². The molecule has 0 saturated carbocycles. The van der Waals surface area contributed by atoms with Gasteiger partial charge >= 0.3 is 0 Å². The summed E-state index contributed by atoms with van der Waals surface area (Å²) in [5.74, 6) is -0.112. The van der Waals surface area contributed by atoms with E-state index in [2.05, 4.69) is 25.8 Å². The molecule has 4 fully saturated rings. The summed E-state index contributed by atoms with van der Waals surface area (Å²) >= 11 is 0. The largest absolute Gasteiger partial charge is 0.369 e. The molecule has 3 amide bonds. The lowest BCUT2D eigenvalue weighted by atomic mass is 9.91. The van der Waals surface area contributed by atoms with Crippen LogP contribution in [0.1, 0.15) is 35.2 Å². The van der Waals surface area contributed by atoms with E-state index in [0.717, 1.165) is 37.6 Å². The number of imide groups is 1. The van der Waals surface area contributed by atoms with E-state index >= 15 is 0 Å². The molecular weight excluding hydrogens is 360 g/mol. The molecule has 6 heterocycles. The van der Waals surface area contributed by atoms with Crippen molar-refractivity contribution >= 4 is 23.5 Å². The van der Waals surface area contributed by atoms with E-state index in [4.69, 9.17) is 0 Å². The number of hydrogen-bond acceptors (Lipinski definition) is 7. The lowest BCUT2D eigenvalue weighted by Gasteiger charge is -2.48. The fourth-order valence-electron chi connectivity index (χ4n) is 4.69. The first-order valence-electron chi connectivity index (χ1n) is 9.92. The molecule has 1 aromatic rings. The number of piperidine rings is 2. The van der Waals surface area contributed by atoms with Gasteiger partial charge in [-0.25, -0.2) is 4.98 Å². The zero-order valence-corrected chi connectivity index (χ0v) is 15.6. The number of amides is 3. The van der Waals surface area contributed by atoms with Crippen LogP contribution in [0.15, 0.2) is 12.3 Å². The molecule has 3 N–H and O–H groups in total. The van der Waals surface area contributed by atoms with Crippen LogP contribution in [-0.4, -0.2) is 76.8 Å². The van der Waals surface area contributed by atoms with Gasteiger partial charge in [-0.15, -0.1) is 0 Å². The average molecular weight is 384 g/mol. The van der Waals surface area contributed by atoms with E-state index in [-0.39, 0.29) is 18.2 Å². The second kappa shape index (κ2) is 6.82. The van der Waals surface area contributed by atoms with Crippen molar-refractivity contribution in [2.24, 2.45) is 0 Å². The monoisotopic (exact) mass is 384 g/mol. The van der Waals surface area contributed by atoms with Crippen LogP contribution in [-0.2, 0) is 16.1 Å². The van der Waals surface area contributed by atoms with Crippen LogP contribution in [0.25, 0.3) is 0 Å². The van der Waals surface area contributed by atoms with Gasteiger partial charge in [0.05, 0.1) is 5.56 Å². The molecule has 2 bridgehead atoms. The van der Waals surface area contributed by atoms with Gasteiger partial charge < -0.3 is 15.5 Å². The van der Waals surface area contributed by atoms with Crippen molar-refractivity contribution in [1.29, 1.82) is 0 Å². The van der Waals surface area contributed by atoms with Crippen LogP contribution in [0.3, 0.4) is 0 Å². The fraction of sp³-hybridized carbons (Fsp3) is 0.579. The van der Waals surface area contributed by atoms with Crippen LogP contribution in [0.4, 0.5) is 5.82 Å². The summed E-state index contributed by atoms with van der Waals surface area (Å²) in [7, 11) is 0. The zero-order valence-electron chi connectivity index (χ0n) is 15.6. The van der Waals surface area contributed by atoms with Gasteiger partial charge in [0.2, 0.25) is 11.8 Å². The van der Waals surface area contributed by atoms with E-state index in [1.807, 2.05) is 6.07 Å². The smallest absolute Gasteiger partial charge is 0.256 e. The molecule has 3 unspecified atom stereocenters. The van der Waals surface area contributed by atoms with Gasteiger partial charge in [0.25, 0.3) is 5.91 Å². The average Bonchev–Trinajstić information content (AvgIpc) is 2.97. The van der Waals surface area contributed by atoms with Gasteiger partial charge in [0, 0.05) is 57.4 Å². The van der Waals surface area contributed by atoms with Crippen molar-refractivity contribution in [3.05, 3.63) is 23.4 Å². The molecule has 0 spiro atoms. The SMILES string of the molecule is O=C1CCC(N2Cc3cc(NCCN4CC5CC(C4)N5)ncc3C2=O)C(=O)N1. The number of rotatable bonds is 5. The highest BCUT2D eigenvalue weighted by molar-refractivity contribution is 6.05. The van der Waals surface area contributed by atoms with Crippen LogP contribution in [0.2, 0.25) is 0 Å². The molecule has 6 rings (SSSR count). The third-order valence-electron chi connectivity index (χ3n) is 6.14. The van der Waals surface area contributed by atoms with E-state index in [1.165, 1.54) is 6.42 Å². The first kappa shape index (κ1) is 17.6. The summed E-state index contributed by atoms with van der Waals surface area (Å²) in [6.45, 7) is 4.35. The summed E-state index contributed by atoms with van der Waals surface area (Å²) in [4.78, 5) is 44.5. The van der Waals surface area contributed by atoms with Gasteiger partial charge in [-0.3, -0.25) is 24.6 Å². The Morgan fingerprint density at radius 3 is 2.75 bits per heavy atom. The summed E-state index contributed by atoms with van der Waals surface area (Å²) in [5.41, 5.74) is 1.41. The highest BCUT2D eigenvalue weighted by atomic mass is 16.2. The molecule has 9 heteroatoms. The van der Waals surface area contributed by atoms with Crippen molar-refractivity contribution in [1.82, 2.24) is 25.4 Å². The van der Waals surface area contributed by atoms with Crippen LogP contribution < -0.4 is 16.0 Å². The quantitative estimate of drug-likeness (QED) is 0.577. The zero-order chi connectivity index (χ0) is 19.3. The predicted octanol–water partition coefficient (Wildman–Crippen LogP) is -0.699. The summed E-state index contributed by atoms with van der Waals surface area (Å²) < 4.78 is 0. The topological polar surface area (TPSA) is 107 Å². The van der Waals surface area contributed by atoms with Crippen LogP contribution in [0.5, 0.6) is 0 Å². The Morgan fingerprint density at radius 1 is 1.21 bits per heavy atom. The van der Waals surface area contributed by atoms with Crippen molar-refractivity contribution < 1.29 is 14.4 Å². The molecule has 0 radical (unpaired) electrons. The number of fused-ring (bicyclic) bond motifs is 3. The lowest BCUT2D eigenvalue weighted by Crippen LogP contribution is -2.67. The number of piperazine rings is 1. The third-order valence-corrected chi connectivity index (χ3v) is 6.14.